The molecule has 0 bridgehead atoms. The molecule has 144 valence electrons. The van der Waals surface area contributed by atoms with Crippen LogP contribution in [0.4, 0.5) is 27.8 Å². The number of alkyl halides is 5. The van der Waals surface area contributed by atoms with Crippen molar-refractivity contribution in [2.45, 2.75) is 65.0 Å². The van der Waals surface area contributed by atoms with Gasteiger partial charge in [-0.15, -0.1) is 0 Å². The lowest BCUT2D eigenvalue weighted by Gasteiger charge is -2.27. The summed E-state index contributed by atoms with van der Waals surface area (Å²) in [4.78, 5) is 3.77. The Morgan fingerprint density at radius 2 is 1.80 bits per heavy atom. The molecule has 0 aromatic carbocycles. The van der Waals surface area contributed by atoms with Gasteiger partial charge in [0, 0.05) is 25.6 Å². The molecule has 0 fully saturated rings. The SMILES string of the molecule is CCCCC(CNc1ccc(C(F)(F)F)cn1)C(C)CC(F)(F)CC. The van der Waals surface area contributed by atoms with Crippen LogP contribution in [-0.4, -0.2) is 17.5 Å². The van der Waals surface area contributed by atoms with Gasteiger partial charge in [-0.05, 0) is 30.4 Å². The van der Waals surface area contributed by atoms with Crippen molar-refractivity contribution < 1.29 is 22.0 Å². The minimum atomic E-state index is -4.42. The molecule has 2 unspecified atom stereocenters. The number of nitrogens with zero attached hydrogens (tertiary/aromatic N) is 1. The lowest BCUT2D eigenvalue weighted by atomic mass is 9.84. The van der Waals surface area contributed by atoms with E-state index in [-0.39, 0.29) is 24.7 Å². The quantitative estimate of drug-likeness (QED) is 0.485. The van der Waals surface area contributed by atoms with Crippen LogP contribution in [0.1, 0.15) is 58.4 Å². The third-order valence-electron chi connectivity index (χ3n) is 4.51. The smallest absolute Gasteiger partial charge is 0.370 e. The lowest BCUT2D eigenvalue weighted by Crippen LogP contribution is -2.27. The molecule has 0 aliphatic carbocycles. The molecule has 0 aliphatic rings. The minimum Gasteiger partial charge on any atom is -0.370 e. The maximum absolute atomic E-state index is 13.7. The normalized spacial score (nSPS) is 15.0. The molecule has 1 aromatic heterocycles. The second-order valence-corrected chi connectivity index (χ2v) is 6.60. The Morgan fingerprint density at radius 3 is 2.28 bits per heavy atom. The Morgan fingerprint density at radius 1 is 1.12 bits per heavy atom. The summed E-state index contributed by atoms with van der Waals surface area (Å²) in [5.74, 6) is -2.54. The van der Waals surface area contributed by atoms with Crippen molar-refractivity contribution in [3.63, 3.8) is 0 Å². The average Bonchev–Trinajstić information content (AvgIpc) is 2.54. The number of hydrogen-bond donors (Lipinski definition) is 1. The van der Waals surface area contributed by atoms with Crippen molar-refractivity contribution in [2.24, 2.45) is 11.8 Å². The van der Waals surface area contributed by atoms with E-state index in [9.17, 15) is 22.0 Å². The largest absolute Gasteiger partial charge is 0.417 e. The highest BCUT2D eigenvalue weighted by Gasteiger charge is 2.32. The van der Waals surface area contributed by atoms with Crippen LogP contribution in [0.3, 0.4) is 0 Å². The van der Waals surface area contributed by atoms with Crippen molar-refractivity contribution in [3.8, 4) is 0 Å². The number of unbranched alkanes of at least 4 members (excludes halogenated alkanes) is 1. The molecule has 7 heteroatoms. The predicted octanol–water partition coefficient (Wildman–Crippen LogP) is 6.39. The molecule has 1 rings (SSSR count). The summed E-state index contributed by atoms with van der Waals surface area (Å²) < 4.78 is 64.9. The highest BCUT2D eigenvalue weighted by Crippen LogP contribution is 2.33. The summed E-state index contributed by atoms with van der Waals surface area (Å²) in [6.45, 7) is 5.73. The first-order chi connectivity index (χ1) is 11.6. The van der Waals surface area contributed by atoms with E-state index in [1.807, 2.05) is 13.8 Å². The van der Waals surface area contributed by atoms with Gasteiger partial charge in [0.15, 0.2) is 0 Å². The monoisotopic (exact) mass is 366 g/mol. The highest BCUT2D eigenvalue weighted by molar-refractivity contribution is 5.36. The Bertz CT molecular complexity index is 499. The Kier molecular flexibility index (Phi) is 8.09. The standard InChI is InChI=1S/C18H27F5N2/c1-4-6-7-14(13(3)10-17(19,20)5-2)11-24-16-9-8-15(12-25-16)18(21,22)23/h8-9,12-14H,4-7,10-11H2,1-3H3,(H,24,25). The third kappa shape index (κ3) is 7.57. The lowest BCUT2D eigenvalue weighted by molar-refractivity contribution is -0.137. The van der Waals surface area contributed by atoms with E-state index in [4.69, 9.17) is 0 Å². The van der Waals surface area contributed by atoms with Crippen molar-refractivity contribution in [2.75, 3.05) is 11.9 Å². The summed E-state index contributed by atoms with van der Waals surface area (Å²) in [7, 11) is 0. The van der Waals surface area contributed by atoms with E-state index in [1.165, 1.54) is 13.0 Å². The first-order valence-corrected chi connectivity index (χ1v) is 8.74. The molecule has 0 aliphatic heterocycles. The second-order valence-electron chi connectivity index (χ2n) is 6.60. The maximum Gasteiger partial charge on any atom is 0.417 e. The summed E-state index contributed by atoms with van der Waals surface area (Å²) in [6.07, 6.45) is -1.33. The first kappa shape index (κ1) is 21.6. The predicted molar refractivity (Wildman–Crippen MR) is 89.8 cm³/mol. The Labute approximate surface area is 146 Å². The van der Waals surface area contributed by atoms with E-state index in [0.717, 1.165) is 31.5 Å². The average molecular weight is 366 g/mol. The fourth-order valence-corrected chi connectivity index (χ4v) is 2.74. The van der Waals surface area contributed by atoms with Crippen LogP contribution in [0.15, 0.2) is 18.3 Å². The van der Waals surface area contributed by atoms with Gasteiger partial charge in [-0.25, -0.2) is 13.8 Å². The topological polar surface area (TPSA) is 24.9 Å². The molecule has 0 saturated carbocycles. The summed E-state index contributed by atoms with van der Waals surface area (Å²) >= 11 is 0. The Balaban J connectivity index is 2.69. The Hall–Kier alpha value is -1.40. The van der Waals surface area contributed by atoms with Crippen molar-refractivity contribution in [3.05, 3.63) is 23.9 Å². The van der Waals surface area contributed by atoms with Crippen LogP contribution in [0.25, 0.3) is 0 Å². The van der Waals surface area contributed by atoms with Gasteiger partial charge in [-0.3, -0.25) is 0 Å². The zero-order valence-corrected chi connectivity index (χ0v) is 15.0. The van der Waals surface area contributed by atoms with Crippen molar-refractivity contribution in [1.29, 1.82) is 0 Å². The van der Waals surface area contributed by atoms with Crippen molar-refractivity contribution in [1.82, 2.24) is 4.98 Å². The van der Waals surface area contributed by atoms with Gasteiger partial charge in [-0.1, -0.05) is 33.6 Å². The van der Waals surface area contributed by atoms with Crippen LogP contribution in [0, 0.1) is 11.8 Å². The molecule has 0 saturated heterocycles. The molecule has 1 aromatic rings. The van der Waals surface area contributed by atoms with E-state index >= 15 is 0 Å². The summed E-state index contributed by atoms with van der Waals surface area (Å²) in [5.41, 5.74) is -0.809. The number of halogens is 5. The van der Waals surface area contributed by atoms with Crippen LogP contribution < -0.4 is 5.32 Å². The van der Waals surface area contributed by atoms with Crippen molar-refractivity contribution >= 4 is 5.82 Å². The van der Waals surface area contributed by atoms with E-state index in [1.54, 1.807) is 0 Å². The molecule has 2 atom stereocenters. The molecule has 0 amide bonds. The van der Waals surface area contributed by atoms with Gasteiger partial charge < -0.3 is 5.32 Å². The molecule has 0 spiro atoms. The number of pyridine rings is 1. The molecular weight excluding hydrogens is 339 g/mol. The van der Waals surface area contributed by atoms with Crippen LogP contribution >= 0.6 is 0 Å². The fourth-order valence-electron chi connectivity index (χ4n) is 2.74. The van der Waals surface area contributed by atoms with Crippen LogP contribution in [0.5, 0.6) is 0 Å². The van der Waals surface area contributed by atoms with Gasteiger partial charge >= 0.3 is 6.18 Å². The van der Waals surface area contributed by atoms with E-state index < -0.39 is 17.7 Å². The van der Waals surface area contributed by atoms with Gasteiger partial charge in [-0.2, -0.15) is 13.2 Å². The zero-order chi connectivity index (χ0) is 19.1. The third-order valence-corrected chi connectivity index (χ3v) is 4.51. The van der Waals surface area contributed by atoms with Gasteiger partial charge in [0.25, 0.3) is 0 Å². The number of nitrogens with one attached hydrogen (secondary N) is 1. The molecule has 1 N–H and O–H groups in total. The second kappa shape index (κ2) is 9.34. The summed E-state index contributed by atoms with van der Waals surface area (Å²) in [6, 6.07) is 2.23. The minimum absolute atomic E-state index is 0.0152. The first-order valence-electron chi connectivity index (χ1n) is 8.74. The molecule has 1 heterocycles. The van der Waals surface area contributed by atoms with Gasteiger partial charge in [0.1, 0.15) is 5.82 Å². The number of hydrogen-bond acceptors (Lipinski definition) is 2. The van der Waals surface area contributed by atoms with E-state index in [0.29, 0.717) is 12.4 Å². The number of rotatable bonds is 10. The van der Waals surface area contributed by atoms with Gasteiger partial charge in [0.2, 0.25) is 5.92 Å². The number of aromatic nitrogens is 1. The zero-order valence-electron chi connectivity index (χ0n) is 15.0. The van der Waals surface area contributed by atoms with Crippen LogP contribution in [0.2, 0.25) is 0 Å². The molecular formula is C18H27F5N2. The number of anilines is 1. The highest BCUT2D eigenvalue weighted by atomic mass is 19.4. The fraction of sp³-hybridized carbons (Fsp3) is 0.722. The van der Waals surface area contributed by atoms with Crippen LogP contribution in [-0.2, 0) is 6.18 Å². The van der Waals surface area contributed by atoms with E-state index in [2.05, 4.69) is 10.3 Å². The van der Waals surface area contributed by atoms with Gasteiger partial charge in [0.05, 0.1) is 5.56 Å². The molecule has 0 radical (unpaired) electrons. The molecule has 2 nitrogen and oxygen atoms in total. The summed E-state index contributed by atoms with van der Waals surface area (Å²) in [5, 5.41) is 2.99. The maximum atomic E-state index is 13.7. The molecule has 25 heavy (non-hydrogen) atoms.